The summed E-state index contributed by atoms with van der Waals surface area (Å²) in [6, 6.07) is 0. The maximum absolute atomic E-state index is 12.8. The molecule has 68 heavy (non-hydrogen) atoms. The van der Waals surface area contributed by atoms with Gasteiger partial charge in [0.1, 0.15) is 12.7 Å². The van der Waals surface area contributed by atoms with Gasteiger partial charge >= 0.3 is 25.7 Å². The highest BCUT2D eigenvalue weighted by Crippen LogP contribution is 2.43. The summed E-state index contributed by atoms with van der Waals surface area (Å²) in [6.45, 7) is 4.41. The molecule has 0 heterocycles. The number of carbonyl (C=O) groups excluding carboxylic acids is 3. The third-order valence-corrected chi connectivity index (χ3v) is 12.1. The molecule has 0 aromatic heterocycles. The highest BCUT2D eigenvalue weighted by molar-refractivity contribution is 7.47. The number of esters is 3. The zero-order valence-corrected chi connectivity index (χ0v) is 43.9. The Morgan fingerprint density at radius 1 is 0.426 bits per heavy atom. The molecule has 0 fully saturated rings. The summed E-state index contributed by atoms with van der Waals surface area (Å²) in [5.41, 5.74) is 0. The maximum atomic E-state index is 12.8. The number of hydrogen-bond donors (Lipinski definition) is 2. The van der Waals surface area contributed by atoms with E-state index in [1.54, 1.807) is 0 Å². The molecule has 0 bridgehead atoms. The summed E-state index contributed by atoms with van der Waals surface area (Å²) < 4.78 is 39.3. The van der Waals surface area contributed by atoms with Gasteiger partial charge in [-0.2, -0.15) is 0 Å². The molecule has 0 aromatic carbocycles. The molecule has 12 heteroatoms. The number of aliphatic hydroxyl groups is 1. The van der Waals surface area contributed by atoms with Crippen LogP contribution in [0.3, 0.4) is 0 Å². The van der Waals surface area contributed by atoms with Crippen molar-refractivity contribution in [1.29, 1.82) is 0 Å². The number of allylic oxidation sites excluding steroid dienone is 12. The molecule has 0 amide bonds. The molecular formula is C56H97O11P. The lowest BCUT2D eigenvalue weighted by molar-refractivity contribution is -0.161. The molecule has 0 spiro atoms. The average molecular weight is 977 g/mol. The fourth-order valence-corrected chi connectivity index (χ4v) is 7.81. The van der Waals surface area contributed by atoms with Crippen LogP contribution in [-0.2, 0) is 42.2 Å². The van der Waals surface area contributed by atoms with Crippen molar-refractivity contribution in [2.24, 2.45) is 0 Å². The lowest BCUT2D eigenvalue weighted by Gasteiger charge is -2.21. The number of carbonyl (C=O) groups is 3. The van der Waals surface area contributed by atoms with Gasteiger partial charge in [0.15, 0.2) is 6.10 Å². The fraction of sp³-hybridized carbons (Fsp3) is 0.732. The second kappa shape index (κ2) is 50.3. The van der Waals surface area contributed by atoms with E-state index in [0.717, 1.165) is 96.3 Å². The third-order valence-electron chi connectivity index (χ3n) is 11.1. The van der Waals surface area contributed by atoms with Crippen molar-refractivity contribution in [3.8, 4) is 0 Å². The first-order chi connectivity index (χ1) is 33.2. The topological polar surface area (TPSA) is 155 Å². The van der Waals surface area contributed by atoms with Crippen LogP contribution in [0.1, 0.15) is 226 Å². The van der Waals surface area contributed by atoms with Crippen LogP contribution in [0.2, 0.25) is 0 Å². The van der Waals surface area contributed by atoms with E-state index in [-0.39, 0.29) is 25.9 Å². The quantitative estimate of drug-likeness (QED) is 0.0197. The average Bonchev–Trinajstić information content (AvgIpc) is 3.32. The van der Waals surface area contributed by atoms with Crippen molar-refractivity contribution in [1.82, 2.24) is 0 Å². The summed E-state index contributed by atoms with van der Waals surface area (Å²) in [7, 11) is -4.75. The van der Waals surface area contributed by atoms with Crippen LogP contribution in [0.5, 0.6) is 0 Å². The second-order valence-corrected chi connectivity index (χ2v) is 19.1. The molecule has 392 valence electrons. The maximum Gasteiger partial charge on any atom is 0.472 e. The number of unbranched alkanes of at least 4 members (excludes halogenated alkanes) is 20. The SMILES string of the molecule is CC/C=C\C/C=C\C/C=C\C/C=C\CCCCC(=O)OC(COC(=O)CCCCCCCCC/C=C\C/C=C\CCCCC)COP(=O)(O)OCC(CO)OC(=O)CCCCCCCCCCC. The minimum absolute atomic E-state index is 0.113. The zero-order chi connectivity index (χ0) is 49.9. The van der Waals surface area contributed by atoms with Crippen molar-refractivity contribution < 1.29 is 52.2 Å². The lowest BCUT2D eigenvalue weighted by Crippen LogP contribution is -2.30. The molecule has 2 N–H and O–H groups in total. The van der Waals surface area contributed by atoms with Crippen molar-refractivity contribution in [2.75, 3.05) is 26.4 Å². The van der Waals surface area contributed by atoms with Crippen molar-refractivity contribution in [3.63, 3.8) is 0 Å². The highest BCUT2D eigenvalue weighted by Gasteiger charge is 2.28. The Labute approximate surface area is 414 Å². The van der Waals surface area contributed by atoms with E-state index in [9.17, 15) is 28.9 Å². The monoisotopic (exact) mass is 977 g/mol. The van der Waals surface area contributed by atoms with E-state index in [2.05, 4.69) is 93.7 Å². The van der Waals surface area contributed by atoms with Crippen molar-refractivity contribution >= 4 is 25.7 Å². The van der Waals surface area contributed by atoms with E-state index in [4.69, 9.17) is 23.3 Å². The Morgan fingerprint density at radius 2 is 0.765 bits per heavy atom. The highest BCUT2D eigenvalue weighted by atomic mass is 31.2. The van der Waals surface area contributed by atoms with Crippen LogP contribution in [-0.4, -0.2) is 66.5 Å². The van der Waals surface area contributed by atoms with Gasteiger partial charge in [-0.15, -0.1) is 0 Å². The van der Waals surface area contributed by atoms with Crippen LogP contribution in [0.25, 0.3) is 0 Å². The molecule has 3 atom stereocenters. The largest absolute Gasteiger partial charge is 0.472 e. The van der Waals surface area contributed by atoms with E-state index in [0.29, 0.717) is 19.3 Å². The van der Waals surface area contributed by atoms with Crippen LogP contribution < -0.4 is 0 Å². The molecule has 0 saturated heterocycles. The summed E-state index contributed by atoms with van der Waals surface area (Å²) in [4.78, 5) is 48.3. The summed E-state index contributed by atoms with van der Waals surface area (Å²) in [5, 5.41) is 9.75. The van der Waals surface area contributed by atoms with E-state index in [1.807, 2.05) is 0 Å². The first kappa shape index (κ1) is 64.9. The Kier molecular flexibility index (Phi) is 48.0. The van der Waals surface area contributed by atoms with Crippen molar-refractivity contribution in [3.05, 3.63) is 72.9 Å². The van der Waals surface area contributed by atoms with Gasteiger partial charge in [-0.1, -0.05) is 190 Å². The summed E-state index contributed by atoms with van der Waals surface area (Å²) in [6.07, 6.45) is 54.5. The normalized spacial score (nSPS) is 14.0. The fourth-order valence-electron chi connectivity index (χ4n) is 7.02. The molecule has 0 saturated carbocycles. The van der Waals surface area contributed by atoms with Gasteiger partial charge in [-0.3, -0.25) is 23.4 Å². The number of phosphoric ester groups is 1. The smallest absolute Gasteiger partial charge is 0.462 e. The van der Waals surface area contributed by atoms with Gasteiger partial charge < -0.3 is 24.2 Å². The Balaban J connectivity index is 4.81. The zero-order valence-electron chi connectivity index (χ0n) is 43.1. The standard InChI is InChI=1S/C56H97O11P/c1-4-7-10-13-16-19-21-23-25-26-28-29-31-34-36-39-42-45-54(58)63-49-53(67-56(60)47-44-41-38-35-32-30-27-24-22-20-17-14-11-8-5-2)51-65-68(61,62)64-50-52(48-57)66-55(59)46-43-40-37-33-18-15-12-9-6-3/h8,11,16-17,19-20,23-25,27,32,35,52-53,57H,4-7,9-10,12-15,18,21-22,26,28-31,33-34,36-51H2,1-3H3,(H,61,62)/b11-8-,19-16-,20-17-,25-23-,27-24-,35-32-. The predicted octanol–water partition coefficient (Wildman–Crippen LogP) is 15.4. The van der Waals surface area contributed by atoms with Crippen LogP contribution in [0.15, 0.2) is 72.9 Å². The first-order valence-electron chi connectivity index (χ1n) is 26.8. The molecule has 0 aromatic rings. The Morgan fingerprint density at radius 3 is 1.24 bits per heavy atom. The predicted molar refractivity (Wildman–Crippen MR) is 279 cm³/mol. The lowest BCUT2D eigenvalue weighted by atomic mass is 10.1. The first-order valence-corrected chi connectivity index (χ1v) is 28.3. The summed E-state index contributed by atoms with van der Waals surface area (Å²) >= 11 is 0. The van der Waals surface area contributed by atoms with Gasteiger partial charge in [-0.25, -0.2) is 4.57 Å². The number of phosphoric acid groups is 1. The Hall–Kier alpha value is -3.08. The molecule has 0 rings (SSSR count). The van der Waals surface area contributed by atoms with E-state index < -0.39 is 57.8 Å². The molecular weight excluding hydrogens is 880 g/mol. The van der Waals surface area contributed by atoms with Crippen molar-refractivity contribution in [2.45, 2.75) is 238 Å². The second-order valence-electron chi connectivity index (χ2n) is 17.7. The molecule has 0 radical (unpaired) electrons. The van der Waals surface area contributed by atoms with Gasteiger partial charge in [0.05, 0.1) is 19.8 Å². The van der Waals surface area contributed by atoms with Crippen LogP contribution in [0, 0.1) is 0 Å². The van der Waals surface area contributed by atoms with Gasteiger partial charge in [0.25, 0.3) is 0 Å². The minimum atomic E-state index is -4.75. The van der Waals surface area contributed by atoms with Gasteiger partial charge in [0.2, 0.25) is 0 Å². The summed E-state index contributed by atoms with van der Waals surface area (Å²) in [5.74, 6) is -1.53. The minimum Gasteiger partial charge on any atom is -0.462 e. The van der Waals surface area contributed by atoms with E-state index >= 15 is 0 Å². The number of rotatable bonds is 49. The number of ether oxygens (including phenoxy) is 3. The third kappa shape index (κ3) is 48.0. The van der Waals surface area contributed by atoms with Crippen LogP contribution >= 0.6 is 7.82 Å². The van der Waals surface area contributed by atoms with E-state index in [1.165, 1.54) is 70.6 Å². The van der Waals surface area contributed by atoms with Crippen LogP contribution in [0.4, 0.5) is 0 Å². The Bertz CT molecular complexity index is 1420. The molecule has 0 aliphatic carbocycles. The van der Waals surface area contributed by atoms with Gasteiger partial charge in [0, 0.05) is 19.3 Å². The molecule has 0 aliphatic heterocycles. The molecule has 0 aliphatic rings. The number of hydrogen-bond acceptors (Lipinski definition) is 10. The molecule has 11 nitrogen and oxygen atoms in total. The molecule has 3 unspecified atom stereocenters. The number of aliphatic hydroxyl groups excluding tert-OH is 1. The van der Waals surface area contributed by atoms with Gasteiger partial charge in [-0.05, 0) is 89.9 Å².